The SMILES string of the molecule is OCc1cc2ccc3c4ccccc4ccc3c2o1. The highest BCUT2D eigenvalue weighted by atomic mass is 16.4. The van der Waals surface area contributed by atoms with Gasteiger partial charge < -0.3 is 9.52 Å². The molecule has 0 bridgehead atoms. The molecule has 0 aliphatic rings. The van der Waals surface area contributed by atoms with E-state index >= 15 is 0 Å². The summed E-state index contributed by atoms with van der Waals surface area (Å²) < 4.78 is 5.73. The van der Waals surface area contributed by atoms with Gasteiger partial charge in [0, 0.05) is 10.8 Å². The Morgan fingerprint density at radius 3 is 2.47 bits per heavy atom. The van der Waals surface area contributed by atoms with Crippen molar-refractivity contribution >= 4 is 32.5 Å². The summed E-state index contributed by atoms with van der Waals surface area (Å²) in [5.41, 5.74) is 0.854. The van der Waals surface area contributed by atoms with Crippen LogP contribution in [0.15, 0.2) is 59.0 Å². The molecule has 0 fully saturated rings. The fourth-order valence-electron chi connectivity index (χ4n) is 2.72. The molecule has 0 saturated carbocycles. The molecule has 1 aromatic heterocycles. The van der Waals surface area contributed by atoms with Crippen molar-refractivity contribution in [2.24, 2.45) is 0 Å². The molecule has 19 heavy (non-hydrogen) atoms. The molecular weight excluding hydrogens is 236 g/mol. The molecule has 3 aromatic carbocycles. The Morgan fingerprint density at radius 2 is 1.58 bits per heavy atom. The Bertz CT molecular complexity index is 903. The molecule has 0 atom stereocenters. The summed E-state index contributed by atoms with van der Waals surface area (Å²) >= 11 is 0. The number of hydrogen-bond acceptors (Lipinski definition) is 2. The van der Waals surface area contributed by atoms with E-state index in [1.54, 1.807) is 0 Å². The van der Waals surface area contributed by atoms with E-state index in [2.05, 4.69) is 30.3 Å². The lowest BCUT2D eigenvalue weighted by atomic mass is 10.0. The van der Waals surface area contributed by atoms with E-state index in [0.29, 0.717) is 5.76 Å². The first-order valence-electron chi connectivity index (χ1n) is 6.30. The van der Waals surface area contributed by atoms with Crippen LogP contribution in [0.2, 0.25) is 0 Å². The average molecular weight is 248 g/mol. The standard InChI is InChI=1S/C17H12O2/c18-10-13-9-12-6-7-15-14-4-2-1-3-11(14)5-8-16(15)17(12)19-13/h1-9,18H,10H2. The summed E-state index contributed by atoms with van der Waals surface area (Å²) in [4.78, 5) is 0. The third kappa shape index (κ3) is 1.47. The second-order valence-corrected chi connectivity index (χ2v) is 4.74. The lowest BCUT2D eigenvalue weighted by Crippen LogP contribution is -1.77. The van der Waals surface area contributed by atoms with Gasteiger partial charge in [-0.25, -0.2) is 0 Å². The largest absolute Gasteiger partial charge is 0.458 e. The number of aliphatic hydroxyl groups excluding tert-OH is 1. The van der Waals surface area contributed by atoms with Gasteiger partial charge in [0.15, 0.2) is 0 Å². The van der Waals surface area contributed by atoms with Crippen LogP contribution in [-0.4, -0.2) is 5.11 Å². The minimum absolute atomic E-state index is 0.0657. The molecule has 0 aliphatic heterocycles. The number of rotatable bonds is 1. The summed E-state index contributed by atoms with van der Waals surface area (Å²) in [7, 11) is 0. The minimum Gasteiger partial charge on any atom is -0.458 e. The Hall–Kier alpha value is -2.32. The van der Waals surface area contributed by atoms with Crippen molar-refractivity contribution < 1.29 is 9.52 Å². The van der Waals surface area contributed by atoms with Crippen molar-refractivity contribution in [1.29, 1.82) is 0 Å². The zero-order chi connectivity index (χ0) is 12.8. The van der Waals surface area contributed by atoms with Gasteiger partial charge in [-0.05, 0) is 28.3 Å². The van der Waals surface area contributed by atoms with Gasteiger partial charge in [0.1, 0.15) is 18.0 Å². The summed E-state index contributed by atoms with van der Waals surface area (Å²) in [5.74, 6) is 0.607. The molecule has 0 aliphatic carbocycles. The van der Waals surface area contributed by atoms with Crippen LogP contribution in [-0.2, 0) is 6.61 Å². The second kappa shape index (κ2) is 3.84. The molecule has 4 rings (SSSR count). The number of fused-ring (bicyclic) bond motifs is 5. The molecule has 4 aromatic rings. The van der Waals surface area contributed by atoms with Crippen molar-refractivity contribution in [1.82, 2.24) is 0 Å². The zero-order valence-corrected chi connectivity index (χ0v) is 10.3. The van der Waals surface area contributed by atoms with E-state index in [0.717, 1.165) is 16.4 Å². The van der Waals surface area contributed by atoms with Crippen LogP contribution in [0.3, 0.4) is 0 Å². The first-order chi connectivity index (χ1) is 9.36. The molecule has 92 valence electrons. The third-order valence-electron chi connectivity index (χ3n) is 3.61. The maximum atomic E-state index is 9.19. The summed E-state index contributed by atoms with van der Waals surface area (Å²) in [6, 6.07) is 18.6. The predicted octanol–water partition coefficient (Wildman–Crippen LogP) is 4.23. The average Bonchev–Trinajstić information content (AvgIpc) is 2.90. The maximum absolute atomic E-state index is 9.19. The van der Waals surface area contributed by atoms with Crippen LogP contribution >= 0.6 is 0 Å². The molecule has 2 nitrogen and oxygen atoms in total. The highest BCUT2D eigenvalue weighted by molar-refractivity contribution is 6.15. The Morgan fingerprint density at radius 1 is 0.789 bits per heavy atom. The van der Waals surface area contributed by atoms with E-state index in [9.17, 15) is 5.11 Å². The first-order valence-corrected chi connectivity index (χ1v) is 6.30. The Kier molecular flexibility index (Phi) is 2.14. The number of hydrogen-bond donors (Lipinski definition) is 1. The molecule has 0 radical (unpaired) electrons. The smallest absolute Gasteiger partial charge is 0.142 e. The molecule has 0 unspecified atom stereocenters. The molecule has 1 N–H and O–H groups in total. The normalized spacial score (nSPS) is 11.6. The van der Waals surface area contributed by atoms with Crippen molar-refractivity contribution in [3.8, 4) is 0 Å². The van der Waals surface area contributed by atoms with Gasteiger partial charge in [-0.15, -0.1) is 0 Å². The monoisotopic (exact) mass is 248 g/mol. The maximum Gasteiger partial charge on any atom is 0.142 e. The highest BCUT2D eigenvalue weighted by Gasteiger charge is 2.08. The van der Waals surface area contributed by atoms with Crippen LogP contribution < -0.4 is 0 Å². The highest BCUT2D eigenvalue weighted by Crippen LogP contribution is 2.32. The Balaban J connectivity index is 2.21. The predicted molar refractivity (Wildman–Crippen MR) is 77.1 cm³/mol. The van der Waals surface area contributed by atoms with Gasteiger partial charge in [-0.3, -0.25) is 0 Å². The van der Waals surface area contributed by atoms with Gasteiger partial charge in [-0.1, -0.05) is 42.5 Å². The van der Waals surface area contributed by atoms with Gasteiger partial charge in [0.05, 0.1) is 0 Å². The van der Waals surface area contributed by atoms with Crippen molar-refractivity contribution in [3.63, 3.8) is 0 Å². The van der Waals surface area contributed by atoms with E-state index in [1.165, 1.54) is 16.2 Å². The van der Waals surface area contributed by atoms with Crippen molar-refractivity contribution in [3.05, 3.63) is 60.4 Å². The van der Waals surface area contributed by atoms with Crippen molar-refractivity contribution in [2.75, 3.05) is 0 Å². The van der Waals surface area contributed by atoms with Crippen molar-refractivity contribution in [2.45, 2.75) is 6.61 Å². The number of aliphatic hydroxyl groups is 1. The lowest BCUT2D eigenvalue weighted by Gasteiger charge is -2.04. The molecule has 0 amide bonds. The van der Waals surface area contributed by atoms with Gasteiger partial charge >= 0.3 is 0 Å². The van der Waals surface area contributed by atoms with Crippen LogP contribution in [0, 0.1) is 0 Å². The molecule has 0 spiro atoms. The van der Waals surface area contributed by atoms with E-state index < -0.39 is 0 Å². The molecular formula is C17H12O2. The zero-order valence-electron chi connectivity index (χ0n) is 10.3. The Labute approximate surface area is 109 Å². The number of benzene rings is 3. The topological polar surface area (TPSA) is 33.4 Å². The first kappa shape index (κ1) is 10.6. The van der Waals surface area contributed by atoms with E-state index in [-0.39, 0.29) is 6.61 Å². The molecule has 0 saturated heterocycles. The van der Waals surface area contributed by atoms with E-state index in [1.807, 2.05) is 24.3 Å². The number of furan rings is 1. The summed E-state index contributed by atoms with van der Waals surface area (Å²) in [5, 5.41) is 15.0. The van der Waals surface area contributed by atoms with E-state index in [4.69, 9.17) is 4.42 Å². The lowest BCUT2D eigenvalue weighted by molar-refractivity contribution is 0.251. The van der Waals surface area contributed by atoms with Crippen LogP contribution in [0.25, 0.3) is 32.5 Å². The fourth-order valence-corrected chi connectivity index (χ4v) is 2.72. The quantitative estimate of drug-likeness (QED) is 0.511. The van der Waals surface area contributed by atoms with Crippen LogP contribution in [0.4, 0.5) is 0 Å². The third-order valence-corrected chi connectivity index (χ3v) is 3.61. The van der Waals surface area contributed by atoms with Crippen LogP contribution in [0.5, 0.6) is 0 Å². The minimum atomic E-state index is -0.0657. The van der Waals surface area contributed by atoms with Crippen LogP contribution in [0.1, 0.15) is 5.76 Å². The van der Waals surface area contributed by atoms with Gasteiger partial charge in [-0.2, -0.15) is 0 Å². The fraction of sp³-hybridized carbons (Fsp3) is 0.0588. The van der Waals surface area contributed by atoms with Gasteiger partial charge in [0.2, 0.25) is 0 Å². The molecule has 1 heterocycles. The molecule has 2 heteroatoms. The summed E-state index contributed by atoms with van der Waals surface area (Å²) in [6.07, 6.45) is 0. The summed E-state index contributed by atoms with van der Waals surface area (Å²) in [6.45, 7) is -0.0657. The second-order valence-electron chi connectivity index (χ2n) is 4.74. The van der Waals surface area contributed by atoms with Gasteiger partial charge in [0.25, 0.3) is 0 Å².